The maximum Gasteiger partial charge on any atom is 0.270 e. The molecule has 0 fully saturated rings. The minimum Gasteiger partial charge on any atom is -0.323 e. The smallest absolute Gasteiger partial charge is 0.270 e. The monoisotopic (exact) mass is 339 g/mol. The third-order valence-corrected chi connectivity index (χ3v) is 3.50. The van der Waals surface area contributed by atoms with E-state index < -0.39 is 4.92 Å². The fourth-order valence-corrected chi connectivity index (χ4v) is 2.05. The maximum atomic E-state index is 11.9. The summed E-state index contributed by atoms with van der Waals surface area (Å²) in [4.78, 5) is 35.0. The molecule has 0 bridgehead atoms. The summed E-state index contributed by atoms with van der Waals surface area (Å²) in [6.07, 6.45) is 2.80. The molecule has 0 aliphatic carbocycles. The number of non-ortho nitro benzene ring substituents is 1. The van der Waals surface area contributed by atoms with Crippen LogP contribution in [0, 0.1) is 10.1 Å². The van der Waals surface area contributed by atoms with Crippen molar-refractivity contribution in [1.29, 1.82) is 0 Å². The van der Waals surface area contributed by atoms with Gasteiger partial charge in [-0.15, -0.1) is 0 Å². The molecule has 0 saturated heterocycles. The number of carbonyl (C=O) groups is 2. The van der Waals surface area contributed by atoms with Crippen molar-refractivity contribution in [2.75, 3.05) is 17.3 Å². The second kappa shape index (κ2) is 7.87. The van der Waals surface area contributed by atoms with Gasteiger partial charge >= 0.3 is 0 Å². The van der Waals surface area contributed by atoms with Crippen molar-refractivity contribution in [2.45, 2.75) is 6.92 Å². The average Bonchev–Trinajstić information content (AvgIpc) is 2.60. The molecule has 25 heavy (non-hydrogen) atoms. The third-order valence-electron chi connectivity index (χ3n) is 3.50. The fourth-order valence-electron chi connectivity index (χ4n) is 2.05. The highest BCUT2D eigenvalue weighted by Crippen LogP contribution is 2.17. The van der Waals surface area contributed by atoms with Crippen LogP contribution in [0.3, 0.4) is 0 Å². The highest BCUT2D eigenvalue weighted by atomic mass is 16.6. The summed E-state index contributed by atoms with van der Waals surface area (Å²) in [7, 11) is 1.66. The second-order valence-corrected chi connectivity index (χ2v) is 5.30. The minimum atomic E-state index is -0.489. The molecular formula is C18H17N3O4. The van der Waals surface area contributed by atoms with E-state index >= 15 is 0 Å². The van der Waals surface area contributed by atoms with Gasteiger partial charge in [0.15, 0.2) is 0 Å². The lowest BCUT2D eigenvalue weighted by Crippen LogP contribution is -2.22. The zero-order chi connectivity index (χ0) is 18.4. The number of nitrogens with one attached hydrogen (secondary N) is 1. The SMILES string of the molecule is CC(=O)N(C)c1ccc(NC(=O)/C=C/c2cccc([N+](=O)[O-])c2)cc1. The first-order valence-electron chi connectivity index (χ1n) is 7.44. The van der Waals surface area contributed by atoms with Crippen molar-refractivity contribution >= 4 is 35.0 Å². The molecular weight excluding hydrogens is 322 g/mol. The van der Waals surface area contributed by atoms with Gasteiger partial charge in [0.1, 0.15) is 0 Å². The van der Waals surface area contributed by atoms with Gasteiger partial charge in [-0.25, -0.2) is 0 Å². The molecule has 1 N–H and O–H groups in total. The lowest BCUT2D eigenvalue weighted by atomic mass is 10.2. The van der Waals surface area contributed by atoms with Crippen LogP contribution < -0.4 is 10.2 Å². The van der Waals surface area contributed by atoms with E-state index in [-0.39, 0.29) is 17.5 Å². The number of amides is 2. The fraction of sp³-hybridized carbons (Fsp3) is 0.111. The lowest BCUT2D eigenvalue weighted by Gasteiger charge is -2.15. The lowest BCUT2D eigenvalue weighted by molar-refractivity contribution is -0.384. The number of benzene rings is 2. The number of nitrogens with zero attached hydrogens (tertiary/aromatic N) is 2. The molecule has 0 heterocycles. The summed E-state index contributed by atoms with van der Waals surface area (Å²) >= 11 is 0. The number of nitro benzene ring substituents is 1. The Hall–Kier alpha value is -3.48. The zero-order valence-corrected chi connectivity index (χ0v) is 13.8. The molecule has 7 heteroatoms. The number of carbonyl (C=O) groups excluding carboxylic acids is 2. The molecule has 0 aliphatic heterocycles. The van der Waals surface area contributed by atoms with Gasteiger partial charge in [0.2, 0.25) is 11.8 Å². The van der Waals surface area contributed by atoms with E-state index in [0.29, 0.717) is 11.3 Å². The van der Waals surface area contributed by atoms with Crippen LogP contribution in [0.15, 0.2) is 54.6 Å². The Labute approximate surface area is 144 Å². The van der Waals surface area contributed by atoms with Crippen LogP contribution >= 0.6 is 0 Å². The summed E-state index contributed by atoms with van der Waals surface area (Å²) in [5.41, 5.74) is 1.82. The number of anilines is 2. The molecule has 0 atom stereocenters. The quantitative estimate of drug-likeness (QED) is 0.514. The first-order chi connectivity index (χ1) is 11.9. The summed E-state index contributed by atoms with van der Waals surface area (Å²) in [6.45, 7) is 1.47. The summed E-state index contributed by atoms with van der Waals surface area (Å²) in [5, 5.41) is 13.4. The van der Waals surface area contributed by atoms with Crippen molar-refractivity contribution in [3.8, 4) is 0 Å². The van der Waals surface area contributed by atoms with Gasteiger partial charge in [0.05, 0.1) is 4.92 Å². The molecule has 2 rings (SSSR count). The van der Waals surface area contributed by atoms with Crippen LogP contribution in [0.4, 0.5) is 17.1 Å². The molecule has 0 aromatic heterocycles. The van der Waals surface area contributed by atoms with Crippen LogP contribution in [-0.2, 0) is 9.59 Å². The highest BCUT2D eigenvalue weighted by molar-refractivity contribution is 6.02. The zero-order valence-electron chi connectivity index (χ0n) is 13.8. The molecule has 2 aromatic rings. The standard InChI is InChI=1S/C18H17N3O4/c1-13(22)20(2)16-9-7-15(8-10-16)19-18(23)11-6-14-4-3-5-17(12-14)21(24)25/h3-12H,1-2H3,(H,19,23)/b11-6+. The van der Waals surface area contributed by atoms with E-state index in [1.165, 1.54) is 36.1 Å². The van der Waals surface area contributed by atoms with Crippen molar-refractivity contribution in [1.82, 2.24) is 0 Å². The topological polar surface area (TPSA) is 92.6 Å². The van der Waals surface area contributed by atoms with Gasteiger partial charge in [0, 0.05) is 43.6 Å². The molecule has 128 valence electrons. The Morgan fingerprint density at radius 1 is 1.16 bits per heavy atom. The molecule has 0 radical (unpaired) electrons. The Morgan fingerprint density at radius 3 is 2.44 bits per heavy atom. The predicted molar refractivity (Wildman–Crippen MR) is 96.3 cm³/mol. The van der Waals surface area contributed by atoms with Crippen LogP contribution in [0.2, 0.25) is 0 Å². The van der Waals surface area contributed by atoms with E-state index in [4.69, 9.17) is 0 Å². The molecule has 0 spiro atoms. The van der Waals surface area contributed by atoms with Gasteiger partial charge in [-0.1, -0.05) is 12.1 Å². The predicted octanol–water partition coefficient (Wildman–Crippen LogP) is 3.23. The average molecular weight is 339 g/mol. The van der Waals surface area contributed by atoms with Crippen molar-refractivity contribution in [3.05, 3.63) is 70.3 Å². The third kappa shape index (κ3) is 5.00. The molecule has 0 unspecified atom stereocenters. The van der Waals surface area contributed by atoms with E-state index in [0.717, 1.165) is 5.69 Å². The van der Waals surface area contributed by atoms with E-state index in [2.05, 4.69) is 5.32 Å². The van der Waals surface area contributed by atoms with Gasteiger partial charge in [-0.2, -0.15) is 0 Å². The first kappa shape index (κ1) is 17.9. The van der Waals surface area contributed by atoms with Gasteiger partial charge in [-0.3, -0.25) is 19.7 Å². The summed E-state index contributed by atoms with van der Waals surface area (Å²) in [5.74, 6) is -0.448. The van der Waals surface area contributed by atoms with Crippen molar-refractivity contribution in [3.63, 3.8) is 0 Å². The Kier molecular flexibility index (Phi) is 5.62. The largest absolute Gasteiger partial charge is 0.323 e. The Bertz CT molecular complexity index is 828. The number of hydrogen-bond donors (Lipinski definition) is 1. The molecule has 2 amide bonds. The van der Waals surface area contributed by atoms with Crippen LogP contribution in [0.25, 0.3) is 6.08 Å². The van der Waals surface area contributed by atoms with Crippen LogP contribution in [0.5, 0.6) is 0 Å². The number of rotatable bonds is 5. The molecule has 7 nitrogen and oxygen atoms in total. The van der Waals surface area contributed by atoms with Crippen LogP contribution in [-0.4, -0.2) is 23.8 Å². The minimum absolute atomic E-state index is 0.0345. The van der Waals surface area contributed by atoms with Gasteiger partial charge in [-0.05, 0) is 35.9 Å². The summed E-state index contributed by atoms with van der Waals surface area (Å²) in [6, 6.07) is 12.8. The van der Waals surface area contributed by atoms with Crippen molar-refractivity contribution in [2.24, 2.45) is 0 Å². The first-order valence-corrected chi connectivity index (χ1v) is 7.44. The van der Waals surface area contributed by atoms with E-state index in [1.807, 2.05) is 0 Å². The van der Waals surface area contributed by atoms with Gasteiger partial charge < -0.3 is 10.2 Å². The van der Waals surface area contributed by atoms with Crippen LogP contribution in [0.1, 0.15) is 12.5 Å². The highest BCUT2D eigenvalue weighted by Gasteiger charge is 2.06. The van der Waals surface area contributed by atoms with Crippen molar-refractivity contribution < 1.29 is 14.5 Å². The Balaban J connectivity index is 2.01. The normalized spacial score (nSPS) is 10.5. The second-order valence-electron chi connectivity index (χ2n) is 5.30. The molecule has 0 saturated carbocycles. The Morgan fingerprint density at radius 2 is 1.84 bits per heavy atom. The summed E-state index contributed by atoms with van der Waals surface area (Å²) < 4.78 is 0. The maximum absolute atomic E-state index is 11.9. The molecule has 2 aromatic carbocycles. The number of hydrogen-bond acceptors (Lipinski definition) is 4. The molecule has 0 aliphatic rings. The number of nitro groups is 1. The van der Waals surface area contributed by atoms with E-state index in [9.17, 15) is 19.7 Å². The van der Waals surface area contributed by atoms with Gasteiger partial charge in [0.25, 0.3) is 5.69 Å². The van der Waals surface area contributed by atoms with E-state index in [1.54, 1.807) is 43.4 Å².